The minimum absolute atomic E-state index is 0.0729. The molecule has 36 heavy (non-hydrogen) atoms. The first-order valence-electron chi connectivity index (χ1n) is 12.0. The number of thiazole rings is 1. The summed E-state index contributed by atoms with van der Waals surface area (Å²) in [6.45, 7) is 7.93. The average molecular weight is 513 g/mol. The molecule has 3 atom stereocenters. The third-order valence-corrected chi connectivity index (χ3v) is 7.48. The van der Waals surface area contributed by atoms with E-state index in [-0.39, 0.29) is 37.2 Å². The summed E-state index contributed by atoms with van der Waals surface area (Å²) in [6.07, 6.45) is -0.594. The largest absolute Gasteiger partial charge is 0.496 e. The zero-order valence-electron chi connectivity index (χ0n) is 21.1. The predicted octanol–water partition coefficient (Wildman–Crippen LogP) is 3.44. The number of nitrogens with zero attached hydrogens (tertiary/aromatic N) is 3. The Morgan fingerprint density at radius 3 is 2.69 bits per heavy atom. The second-order valence-corrected chi connectivity index (χ2v) is 10.4. The number of hydrogen-bond acceptors (Lipinski definition) is 8. The van der Waals surface area contributed by atoms with Crippen LogP contribution in [0.5, 0.6) is 5.75 Å². The number of carbonyl (C=O) groups is 2. The number of benzene rings is 1. The van der Waals surface area contributed by atoms with E-state index in [2.05, 4.69) is 15.5 Å². The number of nitrogens with one attached hydrogen (secondary N) is 1. The van der Waals surface area contributed by atoms with Gasteiger partial charge in [-0.3, -0.25) is 9.59 Å². The van der Waals surface area contributed by atoms with E-state index < -0.39 is 18.1 Å². The molecule has 0 bridgehead atoms. The molecule has 0 radical (unpaired) electrons. The van der Waals surface area contributed by atoms with Crippen LogP contribution in [0.3, 0.4) is 0 Å². The molecule has 192 valence electrons. The van der Waals surface area contributed by atoms with Crippen molar-refractivity contribution < 1.29 is 24.0 Å². The molecule has 1 fully saturated rings. The number of methoxy groups -OCH3 is 1. The molecule has 0 aliphatic carbocycles. The van der Waals surface area contributed by atoms with Crippen LogP contribution in [0.2, 0.25) is 0 Å². The predicted molar refractivity (Wildman–Crippen MR) is 136 cm³/mol. The summed E-state index contributed by atoms with van der Waals surface area (Å²) >= 11 is 1.56. The van der Waals surface area contributed by atoms with E-state index in [0.29, 0.717) is 17.2 Å². The van der Waals surface area contributed by atoms with Gasteiger partial charge in [-0.25, -0.2) is 4.98 Å². The van der Waals surface area contributed by atoms with Crippen LogP contribution in [-0.4, -0.2) is 57.8 Å². The Balaban J connectivity index is 1.48. The molecule has 2 amide bonds. The maximum absolute atomic E-state index is 13.5. The lowest BCUT2D eigenvalue weighted by molar-refractivity contribution is -0.141. The van der Waals surface area contributed by atoms with Gasteiger partial charge in [0.2, 0.25) is 11.8 Å². The number of aryl methyl sites for hydroxylation is 2. The molecule has 1 aliphatic heterocycles. The summed E-state index contributed by atoms with van der Waals surface area (Å²) < 4.78 is 11.0. The normalized spacial score (nSPS) is 18.5. The summed E-state index contributed by atoms with van der Waals surface area (Å²) in [5.74, 6) is -0.110. The highest BCUT2D eigenvalue weighted by atomic mass is 32.1. The highest BCUT2D eigenvalue weighted by molar-refractivity contribution is 7.13. The Morgan fingerprint density at radius 2 is 2.08 bits per heavy atom. The fraction of sp³-hybridized carbons (Fsp3) is 0.462. The summed E-state index contributed by atoms with van der Waals surface area (Å²) in [5, 5.41) is 17.2. The van der Waals surface area contributed by atoms with Gasteiger partial charge < -0.3 is 24.6 Å². The molecule has 0 unspecified atom stereocenters. The molecule has 2 aromatic heterocycles. The molecule has 0 saturated carbocycles. The number of β-amino-alcohol motifs (C(OH)–C–C–N with tert-alkyl or cyclic N) is 1. The minimum atomic E-state index is -0.775. The van der Waals surface area contributed by atoms with E-state index in [1.165, 1.54) is 4.90 Å². The Morgan fingerprint density at radius 1 is 1.31 bits per heavy atom. The Hall–Kier alpha value is -3.24. The average Bonchev–Trinajstić information content (AvgIpc) is 3.57. The number of rotatable bonds is 8. The number of aliphatic hydroxyl groups excluding tert-OH is 1. The van der Waals surface area contributed by atoms with Crippen LogP contribution in [0.25, 0.3) is 10.4 Å². The number of aliphatic hydroxyl groups is 1. The lowest BCUT2D eigenvalue weighted by Gasteiger charge is -2.28. The summed E-state index contributed by atoms with van der Waals surface area (Å²) in [6, 6.07) is 6.80. The molecule has 0 spiro atoms. The standard InChI is InChI=1S/C26H32N4O5S/c1-14(2)23(22-8-15(3)29-35-22)26(33)30-12-19(31)10-20(30)25(32)27-11-18-7-6-17(9-21(18)34-5)24-16(4)28-13-36-24/h6-9,13-14,19-20,23,31H,10-12H2,1-5H3,(H,27,32)/t19-,20+,23-/m0/s1. The number of amides is 2. The van der Waals surface area contributed by atoms with Crippen LogP contribution in [0.4, 0.5) is 0 Å². The second kappa shape index (κ2) is 10.8. The molecule has 1 saturated heterocycles. The van der Waals surface area contributed by atoms with E-state index >= 15 is 0 Å². The molecule has 1 aromatic carbocycles. The third-order valence-electron chi connectivity index (χ3n) is 6.50. The number of likely N-dealkylation sites (tertiary alicyclic amines) is 1. The van der Waals surface area contributed by atoms with Gasteiger partial charge in [0.1, 0.15) is 23.5 Å². The smallest absolute Gasteiger partial charge is 0.243 e. The van der Waals surface area contributed by atoms with Crippen molar-refractivity contribution in [1.82, 2.24) is 20.4 Å². The van der Waals surface area contributed by atoms with E-state index in [1.807, 2.05) is 44.5 Å². The fourth-order valence-corrected chi connectivity index (χ4v) is 5.46. The highest BCUT2D eigenvalue weighted by Gasteiger charge is 2.43. The van der Waals surface area contributed by atoms with E-state index in [9.17, 15) is 14.7 Å². The van der Waals surface area contributed by atoms with Crippen molar-refractivity contribution >= 4 is 23.2 Å². The Labute approximate surface area is 214 Å². The van der Waals surface area contributed by atoms with Gasteiger partial charge in [0, 0.05) is 31.1 Å². The van der Waals surface area contributed by atoms with Crippen molar-refractivity contribution in [2.75, 3.05) is 13.7 Å². The maximum Gasteiger partial charge on any atom is 0.243 e. The van der Waals surface area contributed by atoms with Gasteiger partial charge in [-0.15, -0.1) is 11.3 Å². The number of hydrogen-bond donors (Lipinski definition) is 2. The van der Waals surface area contributed by atoms with Crippen LogP contribution in [-0.2, 0) is 16.1 Å². The number of aromatic nitrogens is 2. The maximum atomic E-state index is 13.5. The summed E-state index contributed by atoms with van der Waals surface area (Å²) in [4.78, 5) is 33.6. The van der Waals surface area contributed by atoms with Gasteiger partial charge >= 0.3 is 0 Å². The SMILES string of the molecule is COc1cc(-c2scnc2C)ccc1CNC(=O)[C@H]1C[C@H](O)CN1C(=O)[C@H](c1cc(C)no1)C(C)C. The zero-order valence-corrected chi connectivity index (χ0v) is 22.0. The van der Waals surface area contributed by atoms with Gasteiger partial charge in [0.25, 0.3) is 0 Å². The molecular formula is C26H32N4O5S. The summed E-state index contributed by atoms with van der Waals surface area (Å²) in [5.41, 5.74) is 5.25. The van der Waals surface area contributed by atoms with Gasteiger partial charge in [-0.05, 0) is 31.4 Å². The number of carbonyl (C=O) groups excluding carboxylic acids is 2. The Bertz CT molecular complexity index is 1240. The van der Waals surface area contributed by atoms with Crippen molar-refractivity contribution in [3.8, 4) is 16.2 Å². The van der Waals surface area contributed by atoms with Crippen LogP contribution in [0, 0.1) is 19.8 Å². The molecule has 1 aliphatic rings. The van der Waals surface area contributed by atoms with Gasteiger partial charge in [0.05, 0.1) is 35.0 Å². The van der Waals surface area contributed by atoms with Crippen LogP contribution < -0.4 is 10.1 Å². The second-order valence-electron chi connectivity index (χ2n) is 9.50. The molecule has 2 N–H and O–H groups in total. The van der Waals surface area contributed by atoms with Gasteiger partial charge in [-0.2, -0.15) is 0 Å². The van der Waals surface area contributed by atoms with Crippen molar-refractivity contribution in [2.45, 2.75) is 58.7 Å². The van der Waals surface area contributed by atoms with Crippen LogP contribution in [0.1, 0.15) is 48.9 Å². The van der Waals surface area contributed by atoms with Crippen LogP contribution >= 0.6 is 11.3 Å². The first-order valence-corrected chi connectivity index (χ1v) is 12.8. The lowest BCUT2D eigenvalue weighted by atomic mass is 9.91. The molecule has 3 aromatic rings. The van der Waals surface area contributed by atoms with Gasteiger partial charge in [-0.1, -0.05) is 31.1 Å². The van der Waals surface area contributed by atoms with Gasteiger partial charge in [0.15, 0.2) is 0 Å². The van der Waals surface area contributed by atoms with E-state index in [0.717, 1.165) is 21.7 Å². The molecule has 4 rings (SSSR count). The topological polar surface area (TPSA) is 118 Å². The van der Waals surface area contributed by atoms with Crippen molar-refractivity contribution in [3.63, 3.8) is 0 Å². The van der Waals surface area contributed by atoms with E-state index in [4.69, 9.17) is 9.26 Å². The monoisotopic (exact) mass is 512 g/mol. The molecular weight excluding hydrogens is 480 g/mol. The minimum Gasteiger partial charge on any atom is -0.496 e. The highest BCUT2D eigenvalue weighted by Crippen LogP contribution is 2.33. The number of ether oxygens (including phenoxy) is 1. The first kappa shape index (κ1) is 25.8. The van der Waals surface area contributed by atoms with Crippen molar-refractivity contribution in [3.05, 3.63) is 52.5 Å². The molecule has 10 heteroatoms. The summed E-state index contributed by atoms with van der Waals surface area (Å²) in [7, 11) is 1.59. The molecule has 3 heterocycles. The Kier molecular flexibility index (Phi) is 7.75. The fourth-order valence-electron chi connectivity index (χ4n) is 4.66. The first-order chi connectivity index (χ1) is 17.2. The quantitative estimate of drug-likeness (QED) is 0.475. The third kappa shape index (κ3) is 5.29. The van der Waals surface area contributed by atoms with Crippen LogP contribution in [0.15, 0.2) is 34.3 Å². The lowest BCUT2D eigenvalue weighted by Crippen LogP contribution is -2.48. The van der Waals surface area contributed by atoms with E-state index in [1.54, 1.807) is 31.4 Å². The zero-order chi connectivity index (χ0) is 26.0. The van der Waals surface area contributed by atoms with Crippen molar-refractivity contribution in [2.24, 2.45) is 5.92 Å². The van der Waals surface area contributed by atoms with Crippen molar-refractivity contribution in [1.29, 1.82) is 0 Å². The molecule has 9 nitrogen and oxygen atoms in total.